The fourth-order valence-electron chi connectivity index (χ4n) is 3.10. The summed E-state index contributed by atoms with van der Waals surface area (Å²) in [7, 11) is 0. The average molecular weight is 443 g/mol. The highest BCUT2D eigenvalue weighted by molar-refractivity contribution is 5.93. The number of hydrogen-bond donors (Lipinski definition) is 8. The summed E-state index contributed by atoms with van der Waals surface area (Å²) in [6, 6.07) is -3.36. The van der Waals surface area contributed by atoms with E-state index < -0.39 is 60.8 Å². The van der Waals surface area contributed by atoms with Crippen LogP contribution in [0.1, 0.15) is 32.1 Å². The SMILES string of the molecule is N=C(N)NCCC[C@H](NC(=O)CNC(=O)[C@@H](N)CC(=O)O)C(=O)N1CCC[C@H]1C(=O)O. The number of nitrogens with zero attached hydrogens (tertiary/aromatic N) is 1. The Morgan fingerprint density at radius 1 is 1.16 bits per heavy atom. The molecule has 1 aliphatic rings. The molecule has 0 bridgehead atoms. The van der Waals surface area contributed by atoms with E-state index in [-0.39, 0.29) is 25.5 Å². The highest BCUT2D eigenvalue weighted by atomic mass is 16.4. The highest BCUT2D eigenvalue weighted by Gasteiger charge is 2.37. The normalized spacial score (nSPS) is 17.3. The molecule has 3 amide bonds. The predicted octanol–water partition coefficient (Wildman–Crippen LogP) is -3.27. The first-order valence-electron chi connectivity index (χ1n) is 9.68. The lowest BCUT2D eigenvalue weighted by Gasteiger charge is -2.27. The number of guanidine groups is 1. The summed E-state index contributed by atoms with van der Waals surface area (Å²) in [6.07, 6.45) is 0.707. The van der Waals surface area contributed by atoms with E-state index in [1.165, 1.54) is 4.90 Å². The van der Waals surface area contributed by atoms with Crippen LogP contribution in [0.15, 0.2) is 0 Å². The molecule has 0 aromatic rings. The molecule has 0 radical (unpaired) electrons. The predicted molar refractivity (Wildman–Crippen MR) is 107 cm³/mol. The molecule has 0 spiro atoms. The maximum atomic E-state index is 12.9. The summed E-state index contributed by atoms with van der Waals surface area (Å²) < 4.78 is 0. The highest BCUT2D eigenvalue weighted by Crippen LogP contribution is 2.19. The molecule has 0 aliphatic carbocycles. The van der Waals surface area contributed by atoms with Crippen molar-refractivity contribution in [2.45, 2.75) is 50.2 Å². The van der Waals surface area contributed by atoms with Crippen molar-refractivity contribution in [1.29, 1.82) is 5.41 Å². The molecular weight excluding hydrogens is 414 g/mol. The summed E-state index contributed by atoms with van der Waals surface area (Å²) in [5.41, 5.74) is 10.6. The summed E-state index contributed by atoms with van der Waals surface area (Å²) in [5, 5.41) is 32.3. The molecule has 174 valence electrons. The van der Waals surface area contributed by atoms with Gasteiger partial charge in [-0.2, -0.15) is 0 Å². The van der Waals surface area contributed by atoms with Crippen molar-refractivity contribution in [2.75, 3.05) is 19.6 Å². The summed E-state index contributed by atoms with van der Waals surface area (Å²) in [6.45, 7) is -0.0310. The fraction of sp³-hybridized carbons (Fsp3) is 0.647. The van der Waals surface area contributed by atoms with Gasteiger partial charge in [-0.3, -0.25) is 24.6 Å². The van der Waals surface area contributed by atoms with E-state index >= 15 is 0 Å². The molecule has 0 aromatic carbocycles. The Bertz CT molecular complexity index is 715. The molecule has 1 heterocycles. The number of carbonyl (C=O) groups excluding carboxylic acids is 3. The Kier molecular flexibility index (Phi) is 10.2. The van der Waals surface area contributed by atoms with Crippen LogP contribution in [-0.2, 0) is 24.0 Å². The monoisotopic (exact) mass is 443 g/mol. The molecule has 1 rings (SSSR count). The number of carboxylic acids is 2. The summed E-state index contributed by atoms with van der Waals surface area (Å²) in [4.78, 5) is 60.0. The van der Waals surface area contributed by atoms with Crippen LogP contribution in [0.4, 0.5) is 0 Å². The number of carboxylic acid groups (broad SMARTS) is 2. The molecule has 14 heteroatoms. The van der Waals surface area contributed by atoms with Crippen LogP contribution in [0, 0.1) is 5.41 Å². The zero-order valence-corrected chi connectivity index (χ0v) is 16.9. The van der Waals surface area contributed by atoms with Gasteiger partial charge in [0, 0.05) is 13.1 Å². The summed E-state index contributed by atoms with van der Waals surface area (Å²) in [5.74, 6) is -4.77. The number of likely N-dealkylation sites (tertiary alicyclic amines) is 1. The topological polar surface area (TPSA) is 241 Å². The van der Waals surface area contributed by atoms with Gasteiger partial charge in [0.1, 0.15) is 12.1 Å². The van der Waals surface area contributed by atoms with Crippen LogP contribution in [0.25, 0.3) is 0 Å². The summed E-state index contributed by atoms with van der Waals surface area (Å²) >= 11 is 0. The first-order valence-corrected chi connectivity index (χ1v) is 9.68. The van der Waals surface area contributed by atoms with Crippen molar-refractivity contribution in [3.8, 4) is 0 Å². The quantitative estimate of drug-likeness (QED) is 0.0849. The third kappa shape index (κ3) is 8.86. The molecule has 0 aromatic heterocycles. The van der Waals surface area contributed by atoms with Crippen molar-refractivity contribution in [3.05, 3.63) is 0 Å². The van der Waals surface area contributed by atoms with Gasteiger partial charge in [-0.15, -0.1) is 0 Å². The maximum Gasteiger partial charge on any atom is 0.326 e. The molecule has 14 nitrogen and oxygen atoms in total. The minimum Gasteiger partial charge on any atom is -0.481 e. The van der Waals surface area contributed by atoms with Gasteiger partial charge in [-0.1, -0.05) is 0 Å². The first kappa shape index (κ1) is 25.6. The minimum atomic E-state index is -1.33. The fourth-order valence-corrected chi connectivity index (χ4v) is 3.10. The van der Waals surface area contributed by atoms with Crippen LogP contribution < -0.4 is 27.4 Å². The van der Waals surface area contributed by atoms with Crippen molar-refractivity contribution in [2.24, 2.45) is 11.5 Å². The molecule has 31 heavy (non-hydrogen) atoms. The third-order valence-corrected chi connectivity index (χ3v) is 4.59. The smallest absolute Gasteiger partial charge is 0.326 e. The Labute approximate surface area is 178 Å². The maximum absolute atomic E-state index is 12.9. The van der Waals surface area contributed by atoms with Crippen molar-refractivity contribution < 1.29 is 34.2 Å². The molecule has 0 saturated carbocycles. The van der Waals surface area contributed by atoms with Crippen LogP contribution in [-0.4, -0.2) is 88.5 Å². The van der Waals surface area contributed by atoms with Gasteiger partial charge in [0.25, 0.3) is 0 Å². The lowest BCUT2D eigenvalue weighted by molar-refractivity contribution is -0.149. The van der Waals surface area contributed by atoms with Crippen LogP contribution in [0.5, 0.6) is 0 Å². The Morgan fingerprint density at radius 2 is 1.84 bits per heavy atom. The Morgan fingerprint density at radius 3 is 2.42 bits per heavy atom. The number of aliphatic carboxylic acids is 2. The van der Waals surface area contributed by atoms with E-state index in [0.29, 0.717) is 19.3 Å². The lowest BCUT2D eigenvalue weighted by atomic mass is 10.1. The van der Waals surface area contributed by atoms with E-state index in [4.69, 9.17) is 22.0 Å². The number of carbonyl (C=O) groups is 5. The Balaban J connectivity index is 2.72. The van der Waals surface area contributed by atoms with Crippen LogP contribution >= 0.6 is 0 Å². The molecule has 10 N–H and O–H groups in total. The minimum absolute atomic E-state index is 0.139. The average Bonchev–Trinajstić information content (AvgIpc) is 3.17. The van der Waals surface area contributed by atoms with Gasteiger partial charge in [0.2, 0.25) is 17.7 Å². The van der Waals surface area contributed by atoms with E-state index in [9.17, 15) is 29.1 Å². The molecule has 1 fully saturated rings. The number of hydrogen-bond acceptors (Lipinski definition) is 7. The van der Waals surface area contributed by atoms with E-state index in [2.05, 4.69) is 16.0 Å². The largest absolute Gasteiger partial charge is 0.481 e. The van der Waals surface area contributed by atoms with Gasteiger partial charge >= 0.3 is 11.9 Å². The third-order valence-electron chi connectivity index (χ3n) is 4.59. The van der Waals surface area contributed by atoms with E-state index in [1.807, 2.05) is 0 Å². The van der Waals surface area contributed by atoms with E-state index in [0.717, 1.165) is 0 Å². The van der Waals surface area contributed by atoms with Crippen molar-refractivity contribution in [1.82, 2.24) is 20.9 Å². The number of nitrogens with two attached hydrogens (primary N) is 2. The molecule has 3 atom stereocenters. The first-order chi connectivity index (χ1) is 14.5. The van der Waals surface area contributed by atoms with Gasteiger partial charge in [0.05, 0.1) is 19.0 Å². The van der Waals surface area contributed by atoms with Crippen molar-refractivity contribution >= 4 is 35.6 Å². The molecule has 1 aliphatic heterocycles. The second kappa shape index (κ2) is 12.3. The number of nitrogens with one attached hydrogen (secondary N) is 4. The standard InChI is InChI=1S/C17H29N7O7/c18-9(7-13(26)27)14(28)22-8-12(25)23-10(3-1-5-21-17(19)20)15(29)24-6-2-4-11(24)16(30)31/h9-11H,1-8,18H2,(H,22,28)(H,23,25)(H,26,27)(H,30,31)(H4,19,20,21)/t9-,10-,11-/m0/s1. The van der Waals surface area contributed by atoms with Gasteiger partial charge in [-0.25, -0.2) is 4.79 Å². The second-order valence-corrected chi connectivity index (χ2v) is 7.05. The molecule has 1 saturated heterocycles. The molecular formula is C17H29N7O7. The van der Waals surface area contributed by atoms with Gasteiger partial charge < -0.3 is 42.5 Å². The van der Waals surface area contributed by atoms with E-state index in [1.54, 1.807) is 0 Å². The number of amides is 3. The molecule has 0 unspecified atom stereocenters. The lowest BCUT2D eigenvalue weighted by Crippen LogP contribution is -2.54. The van der Waals surface area contributed by atoms with Crippen molar-refractivity contribution in [3.63, 3.8) is 0 Å². The number of rotatable bonds is 12. The zero-order chi connectivity index (χ0) is 23.6. The second-order valence-electron chi connectivity index (χ2n) is 7.05. The zero-order valence-electron chi connectivity index (χ0n) is 16.9. The van der Waals surface area contributed by atoms with Gasteiger partial charge in [0.15, 0.2) is 5.96 Å². The van der Waals surface area contributed by atoms with Crippen LogP contribution in [0.3, 0.4) is 0 Å². The van der Waals surface area contributed by atoms with Gasteiger partial charge in [-0.05, 0) is 25.7 Å². The van der Waals surface area contributed by atoms with Crippen LogP contribution in [0.2, 0.25) is 0 Å². The Hall–Kier alpha value is -3.42.